The summed E-state index contributed by atoms with van der Waals surface area (Å²) in [5, 5.41) is 7.29. The van der Waals surface area contributed by atoms with Gasteiger partial charge in [-0.25, -0.2) is 0 Å². The Kier molecular flexibility index (Phi) is 5.31. The number of amidine groups is 1. The Morgan fingerprint density at radius 3 is 2.82 bits per heavy atom. The molecule has 0 aromatic rings. The van der Waals surface area contributed by atoms with Crippen LogP contribution in [0.2, 0.25) is 0 Å². The van der Waals surface area contributed by atoms with Gasteiger partial charge in [-0.15, -0.1) is 0 Å². The summed E-state index contributed by atoms with van der Waals surface area (Å²) in [5.74, 6) is 0.0232. The second kappa shape index (κ2) is 6.28. The van der Waals surface area contributed by atoms with Crippen molar-refractivity contribution in [3.05, 3.63) is 0 Å². The van der Waals surface area contributed by atoms with E-state index in [1.807, 2.05) is 6.92 Å². The Morgan fingerprint density at radius 1 is 1.53 bits per heavy atom. The van der Waals surface area contributed by atoms with Crippen molar-refractivity contribution in [2.45, 2.75) is 39.4 Å². The molecule has 0 spiro atoms. The third-order valence-electron chi connectivity index (χ3n) is 2.33. The molecule has 0 bridgehead atoms. The molecule has 0 aromatic carbocycles. The molecule has 0 radical (unpaired) electrons. The normalized spacial score (nSPS) is 20.0. The average molecular weight is 257 g/mol. The topological polar surface area (TPSA) is 53.5 Å². The van der Waals surface area contributed by atoms with Crippen molar-refractivity contribution in [2.24, 2.45) is 10.4 Å². The third-order valence-corrected chi connectivity index (χ3v) is 3.48. The highest BCUT2D eigenvalue weighted by Gasteiger charge is 2.24. The molecule has 0 saturated heterocycles. The number of hydrogen-bond donors (Lipinski definition) is 2. The molecule has 1 rings (SSSR count). The number of nitrogens with zero attached hydrogens (tertiary/aromatic N) is 1. The van der Waals surface area contributed by atoms with Crippen LogP contribution >= 0.6 is 11.8 Å². The molecular formula is C12H23N3OS. The molecule has 1 heterocycles. The van der Waals surface area contributed by atoms with Gasteiger partial charge in [0.05, 0.1) is 13.1 Å². The fourth-order valence-electron chi connectivity index (χ4n) is 1.72. The highest BCUT2D eigenvalue weighted by atomic mass is 32.2. The maximum Gasteiger partial charge on any atom is 0.239 e. The number of likely N-dealkylation sites (N-methyl/N-ethyl adjacent to an activating group) is 1. The quantitative estimate of drug-likeness (QED) is 0.804. The van der Waals surface area contributed by atoms with E-state index in [1.165, 1.54) is 0 Å². The fraction of sp³-hybridized carbons (Fsp3) is 0.833. The number of carbonyl (C=O) groups excluding carboxylic acids is 1. The van der Waals surface area contributed by atoms with E-state index < -0.39 is 0 Å². The minimum atomic E-state index is 0.0232. The molecule has 0 aromatic heterocycles. The highest BCUT2D eigenvalue weighted by Crippen LogP contribution is 2.31. The van der Waals surface area contributed by atoms with Crippen LogP contribution in [0.25, 0.3) is 0 Å². The molecule has 1 unspecified atom stereocenters. The van der Waals surface area contributed by atoms with Gasteiger partial charge in [0.15, 0.2) is 5.17 Å². The Morgan fingerprint density at radius 2 is 2.24 bits per heavy atom. The molecule has 2 N–H and O–H groups in total. The van der Waals surface area contributed by atoms with Crippen molar-refractivity contribution in [3.63, 3.8) is 0 Å². The van der Waals surface area contributed by atoms with Crippen molar-refractivity contribution >= 4 is 22.8 Å². The minimum Gasteiger partial charge on any atom is -0.356 e. The van der Waals surface area contributed by atoms with Crippen LogP contribution in [0.5, 0.6) is 0 Å². The van der Waals surface area contributed by atoms with Gasteiger partial charge in [-0.05, 0) is 18.8 Å². The van der Waals surface area contributed by atoms with Crippen LogP contribution in [0.3, 0.4) is 0 Å². The number of hydrogen-bond acceptors (Lipinski definition) is 4. The van der Waals surface area contributed by atoms with Gasteiger partial charge < -0.3 is 10.6 Å². The summed E-state index contributed by atoms with van der Waals surface area (Å²) in [4.78, 5) is 15.7. The van der Waals surface area contributed by atoms with Crippen LogP contribution in [0.1, 0.15) is 34.1 Å². The lowest BCUT2D eigenvalue weighted by Crippen LogP contribution is -2.35. The van der Waals surface area contributed by atoms with E-state index >= 15 is 0 Å². The number of rotatable bonds is 4. The Bertz CT molecular complexity index is 297. The lowest BCUT2D eigenvalue weighted by molar-refractivity contribution is -0.119. The van der Waals surface area contributed by atoms with Gasteiger partial charge >= 0.3 is 0 Å². The summed E-state index contributed by atoms with van der Waals surface area (Å²) in [7, 11) is 0. The first-order chi connectivity index (χ1) is 7.90. The molecule has 1 atom stereocenters. The molecular weight excluding hydrogens is 234 g/mol. The molecule has 5 heteroatoms. The van der Waals surface area contributed by atoms with Crippen LogP contribution < -0.4 is 10.6 Å². The Balaban J connectivity index is 2.24. The number of amides is 1. The molecule has 17 heavy (non-hydrogen) atoms. The van der Waals surface area contributed by atoms with Gasteiger partial charge in [0.1, 0.15) is 0 Å². The number of nitrogens with one attached hydrogen (secondary N) is 2. The van der Waals surface area contributed by atoms with Crippen LogP contribution in [-0.4, -0.2) is 36.0 Å². The molecule has 4 nitrogen and oxygen atoms in total. The number of aliphatic imine (C=N–C) groups is 1. The summed E-state index contributed by atoms with van der Waals surface area (Å²) in [6, 6.07) is 0. The first kappa shape index (κ1) is 14.4. The smallest absolute Gasteiger partial charge is 0.239 e. The SMILES string of the molecule is CCNC(=O)CNC1=NCC(CC(C)(C)C)S1. The van der Waals surface area contributed by atoms with Crippen LogP contribution in [0.4, 0.5) is 0 Å². The predicted octanol–water partition coefficient (Wildman–Crippen LogP) is 1.62. The van der Waals surface area contributed by atoms with E-state index in [1.54, 1.807) is 11.8 Å². The van der Waals surface area contributed by atoms with E-state index in [-0.39, 0.29) is 5.91 Å². The van der Waals surface area contributed by atoms with Gasteiger partial charge in [-0.3, -0.25) is 9.79 Å². The Labute approximate surface area is 108 Å². The van der Waals surface area contributed by atoms with Crippen molar-refractivity contribution in [1.82, 2.24) is 10.6 Å². The maximum atomic E-state index is 11.3. The Hall–Kier alpha value is -0.710. The van der Waals surface area contributed by atoms with Crippen molar-refractivity contribution in [2.75, 3.05) is 19.6 Å². The van der Waals surface area contributed by atoms with Crippen molar-refractivity contribution in [1.29, 1.82) is 0 Å². The largest absolute Gasteiger partial charge is 0.356 e. The van der Waals surface area contributed by atoms with E-state index in [4.69, 9.17) is 0 Å². The second-order valence-corrected chi connectivity index (χ2v) is 6.75. The summed E-state index contributed by atoms with van der Waals surface area (Å²) in [5.41, 5.74) is 0.336. The third kappa shape index (κ3) is 5.96. The maximum absolute atomic E-state index is 11.3. The number of carbonyl (C=O) groups is 1. The highest BCUT2D eigenvalue weighted by molar-refractivity contribution is 8.14. The summed E-state index contributed by atoms with van der Waals surface area (Å²) >= 11 is 1.76. The van der Waals surface area contributed by atoms with Crippen LogP contribution in [-0.2, 0) is 4.79 Å². The zero-order valence-electron chi connectivity index (χ0n) is 11.2. The lowest BCUT2D eigenvalue weighted by Gasteiger charge is -2.21. The van der Waals surface area contributed by atoms with Gasteiger partial charge in [0, 0.05) is 11.8 Å². The summed E-state index contributed by atoms with van der Waals surface area (Å²) < 4.78 is 0. The number of thioether (sulfide) groups is 1. The summed E-state index contributed by atoms with van der Waals surface area (Å²) in [6.07, 6.45) is 1.15. The first-order valence-electron chi connectivity index (χ1n) is 6.12. The standard InChI is InChI=1S/C12H23N3OS/c1-5-13-10(16)8-15-11-14-7-9(17-11)6-12(2,3)4/h9H,5-8H2,1-4H3,(H,13,16)(H,14,15). The van der Waals surface area contributed by atoms with Crippen molar-refractivity contribution in [3.8, 4) is 0 Å². The summed E-state index contributed by atoms with van der Waals surface area (Å²) in [6.45, 7) is 10.5. The van der Waals surface area contributed by atoms with Gasteiger partial charge in [-0.2, -0.15) is 0 Å². The lowest BCUT2D eigenvalue weighted by atomic mass is 9.90. The van der Waals surface area contributed by atoms with E-state index in [9.17, 15) is 4.79 Å². The van der Waals surface area contributed by atoms with Gasteiger partial charge in [-0.1, -0.05) is 32.5 Å². The van der Waals surface area contributed by atoms with Crippen molar-refractivity contribution < 1.29 is 4.79 Å². The molecule has 1 amide bonds. The molecule has 0 saturated carbocycles. The zero-order chi connectivity index (χ0) is 12.9. The zero-order valence-corrected chi connectivity index (χ0v) is 12.0. The minimum absolute atomic E-state index is 0.0232. The monoisotopic (exact) mass is 257 g/mol. The predicted molar refractivity (Wildman–Crippen MR) is 74.4 cm³/mol. The molecule has 0 aliphatic carbocycles. The van der Waals surface area contributed by atoms with Gasteiger partial charge in [0.25, 0.3) is 0 Å². The second-order valence-electron chi connectivity index (χ2n) is 5.46. The van der Waals surface area contributed by atoms with Crippen LogP contribution in [0, 0.1) is 5.41 Å². The van der Waals surface area contributed by atoms with E-state index in [0.29, 0.717) is 23.8 Å². The first-order valence-corrected chi connectivity index (χ1v) is 7.00. The van der Waals surface area contributed by atoms with E-state index in [2.05, 4.69) is 36.4 Å². The van der Waals surface area contributed by atoms with Crippen LogP contribution in [0.15, 0.2) is 4.99 Å². The molecule has 98 valence electrons. The van der Waals surface area contributed by atoms with E-state index in [0.717, 1.165) is 18.1 Å². The molecule has 1 aliphatic heterocycles. The molecule has 0 fully saturated rings. The average Bonchev–Trinajstić information content (AvgIpc) is 2.60. The van der Waals surface area contributed by atoms with Gasteiger partial charge in [0.2, 0.25) is 5.91 Å². The fourth-order valence-corrected chi connectivity index (χ4v) is 3.07. The molecule has 1 aliphatic rings.